The van der Waals surface area contributed by atoms with Crippen LogP contribution >= 0.6 is 27.5 Å². The lowest BCUT2D eigenvalue weighted by Gasteiger charge is -2.13. The Kier molecular flexibility index (Phi) is 6.69. The normalized spacial score (nSPS) is 11.7. The molecule has 2 heterocycles. The molecule has 0 amide bonds. The number of fused-ring (bicyclic) bond motifs is 1. The maximum absolute atomic E-state index is 12.4. The van der Waals surface area contributed by atoms with Crippen LogP contribution in [0.4, 0.5) is 0 Å². The smallest absolute Gasteiger partial charge is 0.252 e. The summed E-state index contributed by atoms with van der Waals surface area (Å²) in [5.41, 5.74) is 5.09. The van der Waals surface area contributed by atoms with Crippen LogP contribution in [0.1, 0.15) is 55.6 Å². The van der Waals surface area contributed by atoms with E-state index in [0.29, 0.717) is 19.1 Å². The summed E-state index contributed by atoms with van der Waals surface area (Å²) in [6.07, 6.45) is 3.92. The summed E-state index contributed by atoms with van der Waals surface area (Å²) >= 11 is 10.2. The predicted octanol–water partition coefficient (Wildman–Crippen LogP) is 5.88. The largest absolute Gasteiger partial charge is 0.343 e. The van der Waals surface area contributed by atoms with Gasteiger partial charge in [0.05, 0.1) is 10.5 Å². The lowest BCUT2D eigenvalue weighted by Crippen LogP contribution is -2.23. The highest BCUT2D eigenvalue weighted by Crippen LogP contribution is 2.34. The van der Waals surface area contributed by atoms with E-state index in [-0.39, 0.29) is 5.56 Å². The Balaban J connectivity index is 1.89. The van der Waals surface area contributed by atoms with Gasteiger partial charge in [0.15, 0.2) is 0 Å². The summed E-state index contributed by atoms with van der Waals surface area (Å²) in [6.45, 7) is 9.52. The summed E-state index contributed by atoms with van der Waals surface area (Å²) in [7, 11) is 0. The van der Waals surface area contributed by atoms with Crippen molar-refractivity contribution in [2.24, 2.45) is 0 Å². The predicted molar refractivity (Wildman–Crippen MR) is 121 cm³/mol. The van der Waals surface area contributed by atoms with E-state index in [0.717, 1.165) is 55.6 Å². The molecule has 0 fully saturated rings. The average molecular weight is 465 g/mol. The minimum absolute atomic E-state index is 0.000618. The van der Waals surface area contributed by atoms with Gasteiger partial charge in [-0.1, -0.05) is 40.9 Å². The molecular formula is C22H27BrClN3O. The third-order valence-corrected chi connectivity index (χ3v) is 5.73. The first kappa shape index (κ1) is 21.2. The van der Waals surface area contributed by atoms with Crippen molar-refractivity contribution in [1.29, 1.82) is 0 Å². The minimum atomic E-state index is -0.000618. The van der Waals surface area contributed by atoms with Gasteiger partial charge in [-0.2, -0.15) is 0 Å². The van der Waals surface area contributed by atoms with E-state index in [9.17, 15) is 4.79 Å². The fourth-order valence-corrected chi connectivity index (χ4v) is 4.56. The zero-order chi connectivity index (χ0) is 20.4. The molecule has 3 aromatic rings. The quantitative estimate of drug-likeness (QED) is 0.459. The lowest BCUT2D eigenvalue weighted by molar-refractivity contribution is 0.622. The molecule has 0 saturated carbocycles. The highest BCUT2D eigenvalue weighted by atomic mass is 79.9. The standard InChI is InChI=1S/C22H27BrClN3O/c1-5-6-15-7-14(4)26-22(28)18(15)11-25-10-16-8-17(23)9-20-21(16)19(24)12-27(20)13(2)3/h7-9,12-13,25H,5-6,10-11H2,1-4H3,(H,26,28). The topological polar surface area (TPSA) is 49.8 Å². The van der Waals surface area contributed by atoms with Crippen LogP contribution in [-0.2, 0) is 19.5 Å². The van der Waals surface area contributed by atoms with Crippen LogP contribution in [0.25, 0.3) is 10.9 Å². The van der Waals surface area contributed by atoms with Gasteiger partial charge < -0.3 is 14.9 Å². The Morgan fingerprint density at radius 3 is 2.64 bits per heavy atom. The first-order valence-electron chi connectivity index (χ1n) is 9.72. The van der Waals surface area contributed by atoms with Crippen LogP contribution in [-0.4, -0.2) is 9.55 Å². The molecule has 0 spiro atoms. The van der Waals surface area contributed by atoms with Gasteiger partial charge in [0.2, 0.25) is 0 Å². The number of H-pyrrole nitrogens is 1. The van der Waals surface area contributed by atoms with Gasteiger partial charge in [-0.25, -0.2) is 0 Å². The van der Waals surface area contributed by atoms with Crippen LogP contribution < -0.4 is 10.9 Å². The molecular weight excluding hydrogens is 438 g/mol. The number of nitrogens with zero attached hydrogens (tertiary/aromatic N) is 1. The third kappa shape index (κ3) is 4.37. The second-order valence-corrected chi connectivity index (χ2v) is 8.90. The fourth-order valence-electron chi connectivity index (χ4n) is 3.74. The van der Waals surface area contributed by atoms with E-state index in [4.69, 9.17) is 11.6 Å². The van der Waals surface area contributed by atoms with E-state index in [1.54, 1.807) is 0 Å². The molecule has 28 heavy (non-hydrogen) atoms. The van der Waals surface area contributed by atoms with Crippen molar-refractivity contribution in [3.8, 4) is 0 Å². The maximum Gasteiger partial charge on any atom is 0.252 e. The molecule has 0 aliphatic rings. The second kappa shape index (κ2) is 8.85. The van der Waals surface area contributed by atoms with Crippen molar-refractivity contribution in [2.75, 3.05) is 0 Å². The molecule has 6 heteroatoms. The van der Waals surface area contributed by atoms with Crippen LogP contribution in [0, 0.1) is 6.92 Å². The van der Waals surface area contributed by atoms with Crippen LogP contribution in [0.5, 0.6) is 0 Å². The van der Waals surface area contributed by atoms with E-state index < -0.39 is 0 Å². The molecule has 150 valence electrons. The van der Waals surface area contributed by atoms with Gasteiger partial charge >= 0.3 is 0 Å². The van der Waals surface area contributed by atoms with Crippen molar-refractivity contribution in [3.05, 3.63) is 66.6 Å². The average Bonchev–Trinajstić information content (AvgIpc) is 2.94. The minimum Gasteiger partial charge on any atom is -0.343 e. The van der Waals surface area contributed by atoms with Crippen molar-refractivity contribution in [3.63, 3.8) is 0 Å². The molecule has 1 aromatic carbocycles. The molecule has 0 saturated heterocycles. The summed E-state index contributed by atoms with van der Waals surface area (Å²) in [4.78, 5) is 15.4. The number of hydrogen-bond acceptors (Lipinski definition) is 2. The number of hydrogen-bond donors (Lipinski definition) is 2. The van der Waals surface area contributed by atoms with Crippen molar-refractivity contribution < 1.29 is 0 Å². The molecule has 0 unspecified atom stereocenters. The zero-order valence-corrected chi connectivity index (χ0v) is 19.2. The van der Waals surface area contributed by atoms with Crippen molar-refractivity contribution in [1.82, 2.24) is 14.9 Å². The molecule has 2 aromatic heterocycles. The Bertz CT molecular complexity index is 1050. The zero-order valence-electron chi connectivity index (χ0n) is 16.8. The third-order valence-electron chi connectivity index (χ3n) is 4.99. The van der Waals surface area contributed by atoms with E-state index >= 15 is 0 Å². The Labute approximate surface area is 179 Å². The van der Waals surface area contributed by atoms with Crippen LogP contribution in [0.2, 0.25) is 5.02 Å². The monoisotopic (exact) mass is 463 g/mol. The molecule has 0 radical (unpaired) electrons. The van der Waals surface area contributed by atoms with Crippen LogP contribution in [0.15, 0.2) is 33.7 Å². The second-order valence-electron chi connectivity index (χ2n) is 7.58. The van der Waals surface area contributed by atoms with E-state index in [1.165, 1.54) is 0 Å². The first-order valence-corrected chi connectivity index (χ1v) is 10.9. The van der Waals surface area contributed by atoms with Gasteiger partial charge in [0, 0.05) is 46.4 Å². The molecule has 2 N–H and O–H groups in total. The van der Waals surface area contributed by atoms with E-state index in [1.807, 2.05) is 13.1 Å². The Hall–Kier alpha value is -1.56. The number of aromatic amines is 1. The Morgan fingerprint density at radius 1 is 1.21 bits per heavy atom. The van der Waals surface area contributed by atoms with Gasteiger partial charge in [-0.3, -0.25) is 4.79 Å². The molecule has 4 nitrogen and oxygen atoms in total. The summed E-state index contributed by atoms with van der Waals surface area (Å²) in [6, 6.07) is 6.61. The molecule has 0 bridgehead atoms. The van der Waals surface area contributed by atoms with Crippen molar-refractivity contribution in [2.45, 2.75) is 59.7 Å². The van der Waals surface area contributed by atoms with Gasteiger partial charge in [-0.15, -0.1) is 0 Å². The number of pyridine rings is 1. The number of benzene rings is 1. The van der Waals surface area contributed by atoms with Gasteiger partial charge in [0.25, 0.3) is 5.56 Å². The summed E-state index contributed by atoms with van der Waals surface area (Å²) < 4.78 is 3.21. The first-order chi connectivity index (χ1) is 13.3. The number of halogens is 2. The molecule has 0 aliphatic heterocycles. The van der Waals surface area contributed by atoms with E-state index in [2.05, 4.69) is 69.8 Å². The summed E-state index contributed by atoms with van der Waals surface area (Å²) in [5, 5.41) is 5.28. The number of aromatic nitrogens is 2. The lowest BCUT2D eigenvalue weighted by atomic mass is 10.0. The SMILES string of the molecule is CCCc1cc(C)[nH]c(=O)c1CNCc1cc(Br)cc2c1c(Cl)cn2C(C)C. The maximum atomic E-state index is 12.4. The molecule has 3 rings (SSSR count). The number of aryl methyl sites for hydroxylation is 2. The fraction of sp³-hybridized carbons (Fsp3) is 0.409. The number of nitrogens with one attached hydrogen (secondary N) is 2. The Morgan fingerprint density at radius 2 is 1.96 bits per heavy atom. The molecule has 0 atom stereocenters. The highest BCUT2D eigenvalue weighted by molar-refractivity contribution is 9.10. The molecule has 0 aliphatic carbocycles. The van der Waals surface area contributed by atoms with Gasteiger partial charge in [-0.05, 0) is 56.5 Å². The van der Waals surface area contributed by atoms with Crippen molar-refractivity contribution >= 4 is 38.4 Å². The van der Waals surface area contributed by atoms with Crippen LogP contribution in [0.3, 0.4) is 0 Å². The highest BCUT2D eigenvalue weighted by Gasteiger charge is 2.15. The number of rotatable bonds is 7. The summed E-state index contributed by atoms with van der Waals surface area (Å²) in [5.74, 6) is 0. The van der Waals surface area contributed by atoms with Gasteiger partial charge in [0.1, 0.15) is 0 Å².